The summed E-state index contributed by atoms with van der Waals surface area (Å²) in [6, 6.07) is 4.24. The zero-order valence-electron chi connectivity index (χ0n) is 15.2. The van der Waals surface area contributed by atoms with Crippen molar-refractivity contribution in [2.75, 3.05) is 19.4 Å². The van der Waals surface area contributed by atoms with E-state index in [-0.39, 0.29) is 12.5 Å². The lowest BCUT2D eigenvalue weighted by atomic mass is 10.1. The summed E-state index contributed by atoms with van der Waals surface area (Å²) in [6.07, 6.45) is 0.685. The van der Waals surface area contributed by atoms with Gasteiger partial charge in [0.1, 0.15) is 0 Å². The minimum absolute atomic E-state index is 0.181. The number of hydrogen-bond donors (Lipinski definition) is 2. The van der Waals surface area contributed by atoms with Crippen LogP contribution >= 0.6 is 11.6 Å². The molecular formula is C17H22ClN5O3. The van der Waals surface area contributed by atoms with E-state index in [9.17, 15) is 9.59 Å². The first-order valence-electron chi connectivity index (χ1n) is 8.15. The van der Waals surface area contributed by atoms with Crippen LogP contribution in [0.25, 0.3) is 0 Å². The molecule has 1 heterocycles. The highest BCUT2D eigenvalue weighted by atomic mass is 35.5. The number of nitrogens with zero attached hydrogens (tertiary/aromatic N) is 3. The SMILES string of the molecule is CNC(=O)c1ccc(Cl)c(NC(=O)N(C)Cc2noc(CC(C)C)n2)c1. The Balaban J connectivity index is 2.02. The lowest BCUT2D eigenvalue weighted by Gasteiger charge is -2.17. The molecule has 0 saturated carbocycles. The van der Waals surface area contributed by atoms with Gasteiger partial charge in [0.2, 0.25) is 5.89 Å². The largest absolute Gasteiger partial charge is 0.355 e. The third-order valence-electron chi connectivity index (χ3n) is 3.52. The Morgan fingerprint density at radius 2 is 2.08 bits per heavy atom. The molecule has 0 bridgehead atoms. The summed E-state index contributed by atoms with van der Waals surface area (Å²) in [5.41, 5.74) is 0.740. The molecule has 0 atom stereocenters. The van der Waals surface area contributed by atoms with Crippen molar-refractivity contribution in [3.63, 3.8) is 0 Å². The Kier molecular flexibility index (Phi) is 6.57. The van der Waals surface area contributed by atoms with Crippen molar-refractivity contribution in [1.82, 2.24) is 20.4 Å². The van der Waals surface area contributed by atoms with Gasteiger partial charge in [0, 0.05) is 26.1 Å². The van der Waals surface area contributed by atoms with Crippen molar-refractivity contribution in [1.29, 1.82) is 0 Å². The van der Waals surface area contributed by atoms with E-state index in [2.05, 4.69) is 34.6 Å². The fourth-order valence-corrected chi connectivity index (χ4v) is 2.35. The number of halogens is 1. The summed E-state index contributed by atoms with van der Waals surface area (Å²) >= 11 is 6.10. The summed E-state index contributed by atoms with van der Waals surface area (Å²) in [5.74, 6) is 1.10. The molecule has 2 rings (SSSR count). The third kappa shape index (κ3) is 5.19. The predicted molar refractivity (Wildman–Crippen MR) is 98.2 cm³/mol. The smallest absolute Gasteiger partial charge is 0.322 e. The third-order valence-corrected chi connectivity index (χ3v) is 3.85. The summed E-state index contributed by atoms with van der Waals surface area (Å²) in [7, 11) is 3.13. The minimum atomic E-state index is -0.406. The van der Waals surface area contributed by atoms with Crippen molar-refractivity contribution in [3.8, 4) is 0 Å². The van der Waals surface area contributed by atoms with Crippen LogP contribution in [0.5, 0.6) is 0 Å². The number of carbonyl (C=O) groups is 2. The Morgan fingerprint density at radius 1 is 1.35 bits per heavy atom. The van der Waals surface area contributed by atoms with E-state index < -0.39 is 6.03 Å². The van der Waals surface area contributed by atoms with Crippen LogP contribution in [0, 0.1) is 5.92 Å². The molecule has 0 unspecified atom stereocenters. The molecule has 0 saturated heterocycles. The fraction of sp³-hybridized carbons (Fsp3) is 0.412. The van der Waals surface area contributed by atoms with Crippen LogP contribution in [0.3, 0.4) is 0 Å². The highest BCUT2D eigenvalue weighted by molar-refractivity contribution is 6.33. The Hall–Kier alpha value is -2.61. The molecule has 0 radical (unpaired) electrons. The molecule has 0 aliphatic carbocycles. The van der Waals surface area contributed by atoms with Crippen molar-refractivity contribution in [2.24, 2.45) is 5.92 Å². The first-order chi connectivity index (χ1) is 12.3. The van der Waals surface area contributed by atoms with Gasteiger partial charge in [-0.2, -0.15) is 4.98 Å². The van der Waals surface area contributed by atoms with Gasteiger partial charge in [-0.25, -0.2) is 4.79 Å². The van der Waals surface area contributed by atoms with Gasteiger partial charge in [0.05, 0.1) is 17.3 Å². The molecule has 0 spiro atoms. The Bertz CT molecular complexity index is 790. The maximum atomic E-state index is 12.4. The molecule has 3 amide bonds. The Morgan fingerprint density at radius 3 is 2.73 bits per heavy atom. The van der Waals surface area contributed by atoms with E-state index in [1.807, 2.05) is 0 Å². The quantitative estimate of drug-likeness (QED) is 0.803. The zero-order chi connectivity index (χ0) is 19.3. The summed E-state index contributed by atoms with van der Waals surface area (Å²) in [6.45, 7) is 4.29. The van der Waals surface area contributed by atoms with E-state index >= 15 is 0 Å². The van der Waals surface area contributed by atoms with E-state index in [1.165, 1.54) is 18.0 Å². The second-order valence-corrected chi connectivity index (χ2v) is 6.67. The number of aromatic nitrogens is 2. The molecule has 0 aliphatic rings. The van der Waals surface area contributed by atoms with Crippen LogP contribution in [0.4, 0.5) is 10.5 Å². The van der Waals surface area contributed by atoms with Gasteiger partial charge in [-0.3, -0.25) is 4.79 Å². The zero-order valence-corrected chi connectivity index (χ0v) is 15.9. The van der Waals surface area contributed by atoms with Crippen LogP contribution in [-0.2, 0) is 13.0 Å². The number of anilines is 1. The molecule has 1 aromatic heterocycles. The molecule has 0 aliphatic heterocycles. The second kappa shape index (κ2) is 8.66. The molecule has 8 nitrogen and oxygen atoms in total. The normalized spacial score (nSPS) is 10.7. The first kappa shape index (κ1) is 19.7. The van der Waals surface area contributed by atoms with Crippen LogP contribution < -0.4 is 10.6 Å². The summed E-state index contributed by atoms with van der Waals surface area (Å²) in [4.78, 5) is 29.7. The average molecular weight is 380 g/mol. The number of urea groups is 1. The van der Waals surface area contributed by atoms with Gasteiger partial charge in [-0.1, -0.05) is 30.6 Å². The van der Waals surface area contributed by atoms with Crippen LogP contribution in [0.2, 0.25) is 5.02 Å². The molecule has 1 aromatic carbocycles. The maximum absolute atomic E-state index is 12.4. The van der Waals surface area contributed by atoms with Crippen LogP contribution in [-0.4, -0.2) is 41.1 Å². The predicted octanol–water partition coefficient (Wildman–Crippen LogP) is 2.95. The van der Waals surface area contributed by atoms with E-state index in [0.29, 0.717) is 40.3 Å². The van der Waals surface area contributed by atoms with Gasteiger partial charge in [-0.15, -0.1) is 0 Å². The topological polar surface area (TPSA) is 100 Å². The molecule has 26 heavy (non-hydrogen) atoms. The number of carbonyl (C=O) groups excluding carboxylic acids is 2. The molecule has 140 valence electrons. The summed E-state index contributed by atoms with van der Waals surface area (Å²) < 4.78 is 5.16. The van der Waals surface area contributed by atoms with Gasteiger partial charge >= 0.3 is 6.03 Å². The van der Waals surface area contributed by atoms with E-state index in [1.54, 1.807) is 19.2 Å². The van der Waals surface area contributed by atoms with E-state index in [0.717, 1.165) is 0 Å². The monoisotopic (exact) mass is 379 g/mol. The highest BCUT2D eigenvalue weighted by Crippen LogP contribution is 2.23. The number of benzene rings is 1. The summed E-state index contributed by atoms with van der Waals surface area (Å²) in [5, 5.41) is 9.41. The van der Waals surface area contributed by atoms with Crippen molar-refractivity contribution in [2.45, 2.75) is 26.8 Å². The second-order valence-electron chi connectivity index (χ2n) is 6.26. The fourth-order valence-electron chi connectivity index (χ4n) is 2.19. The van der Waals surface area contributed by atoms with Crippen molar-refractivity contribution >= 4 is 29.2 Å². The number of rotatable bonds is 6. The van der Waals surface area contributed by atoms with Gasteiger partial charge in [-0.05, 0) is 24.1 Å². The average Bonchev–Trinajstić information content (AvgIpc) is 3.02. The van der Waals surface area contributed by atoms with Crippen LogP contribution in [0.1, 0.15) is 35.9 Å². The molecule has 0 fully saturated rings. The maximum Gasteiger partial charge on any atom is 0.322 e. The standard InChI is InChI=1S/C17H22ClN5O3/c1-10(2)7-15-21-14(22-26-15)9-23(4)17(25)20-13-8-11(16(24)19-3)5-6-12(13)18/h5-6,8,10H,7,9H2,1-4H3,(H,19,24)(H,20,25). The van der Waals surface area contributed by atoms with Crippen LogP contribution in [0.15, 0.2) is 22.7 Å². The lowest BCUT2D eigenvalue weighted by Crippen LogP contribution is -2.31. The molecule has 9 heteroatoms. The molecular weight excluding hydrogens is 358 g/mol. The van der Waals surface area contributed by atoms with Gasteiger partial charge in [0.25, 0.3) is 5.91 Å². The minimum Gasteiger partial charge on any atom is -0.355 e. The number of amides is 3. The molecule has 2 aromatic rings. The van der Waals surface area contributed by atoms with Crippen molar-refractivity contribution < 1.29 is 14.1 Å². The van der Waals surface area contributed by atoms with Gasteiger partial charge in [0.15, 0.2) is 5.82 Å². The van der Waals surface area contributed by atoms with E-state index in [4.69, 9.17) is 16.1 Å². The van der Waals surface area contributed by atoms with Crippen molar-refractivity contribution in [3.05, 3.63) is 40.5 Å². The Labute approximate surface area is 156 Å². The number of hydrogen-bond acceptors (Lipinski definition) is 5. The lowest BCUT2D eigenvalue weighted by molar-refractivity contribution is 0.0963. The van der Waals surface area contributed by atoms with Gasteiger partial charge < -0.3 is 20.1 Å². The number of nitrogens with one attached hydrogen (secondary N) is 2. The first-order valence-corrected chi connectivity index (χ1v) is 8.53. The highest BCUT2D eigenvalue weighted by Gasteiger charge is 2.16. The molecule has 2 N–H and O–H groups in total.